The van der Waals surface area contributed by atoms with Crippen LogP contribution in [0.25, 0.3) is 6.08 Å². The molecule has 148 valence electrons. The lowest BCUT2D eigenvalue weighted by Crippen LogP contribution is -2.49. The largest absolute Gasteiger partial charge is 0.346 e. The van der Waals surface area contributed by atoms with Crippen molar-refractivity contribution in [2.45, 2.75) is 26.2 Å². The van der Waals surface area contributed by atoms with E-state index in [0.717, 1.165) is 49.9 Å². The average molecular weight is 394 g/mol. The van der Waals surface area contributed by atoms with Gasteiger partial charge in [0.1, 0.15) is 0 Å². The average Bonchev–Trinajstić information content (AvgIpc) is 2.74. The highest BCUT2D eigenvalue weighted by Crippen LogP contribution is 2.13. The molecule has 28 heavy (non-hydrogen) atoms. The summed E-state index contributed by atoms with van der Waals surface area (Å²) in [7, 11) is 0. The van der Waals surface area contributed by atoms with Crippen molar-refractivity contribution in [2.24, 2.45) is 0 Å². The molecule has 2 aromatic carbocycles. The van der Waals surface area contributed by atoms with E-state index in [2.05, 4.69) is 82.7 Å². The number of nitrogens with zero attached hydrogens (tertiary/aromatic N) is 2. The third-order valence-corrected chi connectivity index (χ3v) is 5.52. The second-order valence-corrected chi connectivity index (χ2v) is 7.72. The molecule has 2 aromatic rings. The van der Waals surface area contributed by atoms with Crippen LogP contribution < -0.4 is 5.32 Å². The van der Waals surface area contributed by atoms with Crippen LogP contribution in [0.1, 0.15) is 30.9 Å². The summed E-state index contributed by atoms with van der Waals surface area (Å²) in [6.45, 7) is 7.24. The maximum atomic E-state index is 5.63. The van der Waals surface area contributed by atoms with Crippen LogP contribution in [-0.2, 0) is 6.42 Å². The van der Waals surface area contributed by atoms with Crippen LogP contribution in [0.2, 0.25) is 0 Å². The quantitative estimate of drug-likeness (QED) is 0.663. The SMILES string of the molecule is CCCCc1ccc(NC(=S)N2CCN(CC=Cc3ccccc3)CC2)cc1. The van der Waals surface area contributed by atoms with E-state index in [0.29, 0.717) is 0 Å². The van der Waals surface area contributed by atoms with Gasteiger partial charge in [0.05, 0.1) is 0 Å². The first-order chi connectivity index (χ1) is 13.7. The highest BCUT2D eigenvalue weighted by Gasteiger charge is 2.18. The molecule has 0 amide bonds. The van der Waals surface area contributed by atoms with Crippen LogP contribution in [0.4, 0.5) is 5.69 Å². The summed E-state index contributed by atoms with van der Waals surface area (Å²) in [5.41, 5.74) is 3.74. The van der Waals surface area contributed by atoms with Gasteiger partial charge in [-0.05, 0) is 48.3 Å². The second kappa shape index (κ2) is 11.0. The molecule has 3 rings (SSSR count). The minimum absolute atomic E-state index is 0.834. The summed E-state index contributed by atoms with van der Waals surface area (Å²) < 4.78 is 0. The monoisotopic (exact) mass is 393 g/mol. The highest BCUT2D eigenvalue weighted by atomic mass is 32.1. The fourth-order valence-corrected chi connectivity index (χ4v) is 3.67. The number of nitrogens with one attached hydrogen (secondary N) is 1. The smallest absolute Gasteiger partial charge is 0.173 e. The lowest BCUT2D eigenvalue weighted by atomic mass is 10.1. The van der Waals surface area contributed by atoms with Crippen molar-refractivity contribution in [3.63, 3.8) is 0 Å². The molecule has 1 fully saturated rings. The van der Waals surface area contributed by atoms with E-state index >= 15 is 0 Å². The third kappa shape index (κ3) is 6.47. The Hall–Kier alpha value is -2.17. The predicted molar refractivity (Wildman–Crippen MR) is 125 cm³/mol. The van der Waals surface area contributed by atoms with Gasteiger partial charge in [0, 0.05) is 38.4 Å². The first-order valence-corrected chi connectivity index (χ1v) is 10.7. The molecule has 0 atom stereocenters. The fraction of sp³-hybridized carbons (Fsp3) is 0.375. The van der Waals surface area contributed by atoms with Crippen LogP contribution >= 0.6 is 12.2 Å². The van der Waals surface area contributed by atoms with Crippen LogP contribution in [-0.4, -0.2) is 47.6 Å². The third-order valence-electron chi connectivity index (χ3n) is 5.16. The second-order valence-electron chi connectivity index (χ2n) is 7.33. The molecule has 1 saturated heterocycles. The van der Waals surface area contributed by atoms with E-state index in [4.69, 9.17) is 12.2 Å². The minimum atomic E-state index is 0.834. The summed E-state index contributed by atoms with van der Waals surface area (Å²) in [5, 5.41) is 4.23. The normalized spacial score (nSPS) is 15.1. The van der Waals surface area contributed by atoms with Gasteiger partial charge in [0.2, 0.25) is 0 Å². The van der Waals surface area contributed by atoms with Gasteiger partial charge in [-0.1, -0.05) is 68.0 Å². The van der Waals surface area contributed by atoms with Gasteiger partial charge in [0.25, 0.3) is 0 Å². The van der Waals surface area contributed by atoms with E-state index < -0.39 is 0 Å². The minimum Gasteiger partial charge on any atom is -0.346 e. The molecule has 4 heteroatoms. The van der Waals surface area contributed by atoms with Crippen molar-refractivity contribution in [1.82, 2.24) is 9.80 Å². The number of aryl methyl sites for hydroxylation is 1. The molecular formula is C24H31N3S. The highest BCUT2D eigenvalue weighted by molar-refractivity contribution is 7.80. The molecule has 1 aliphatic rings. The number of piperazine rings is 1. The van der Waals surface area contributed by atoms with E-state index in [-0.39, 0.29) is 0 Å². The van der Waals surface area contributed by atoms with Gasteiger partial charge in [-0.25, -0.2) is 0 Å². The number of anilines is 1. The van der Waals surface area contributed by atoms with Crippen LogP contribution in [0.5, 0.6) is 0 Å². The van der Waals surface area contributed by atoms with Crippen LogP contribution in [0.15, 0.2) is 60.7 Å². The topological polar surface area (TPSA) is 18.5 Å². The molecule has 0 spiro atoms. The van der Waals surface area contributed by atoms with E-state index in [1.807, 2.05) is 6.07 Å². The van der Waals surface area contributed by atoms with Crippen molar-refractivity contribution in [3.8, 4) is 0 Å². The molecule has 0 bridgehead atoms. The number of unbranched alkanes of at least 4 members (excludes halogenated alkanes) is 1. The van der Waals surface area contributed by atoms with Crippen molar-refractivity contribution >= 4 is 29.1 Å². The Balaban J connectivity index is 1.40. The molecule has 0 aliphatic carbocycles. The zero-order valence-electron chi connectivity index (χ0n) is 16.8. The summed E-state index contributed by atoms with van der Waals surface area (Å²) >= 11 is 5.63. The Bertz CT molecular complexity index is 747. The molecular weight excluding hydrogens is 362 g/mol. The molecule has 0 aromatic heterocycles. The van der Waals surface area contributed by atoms with Crippen molar-refractivity contribution < 1.29 is 0 Å². The first kappa shape index (κ1) is 20.6. The van der Waals surface area contributed by atoms with E-state index in [1.165, 1.54) is 24.0 Å². The summed E-state index contributed by atoms with van der Waals surface area (Å²) in [6.07, 6.45) is 8.08. The molecule has 0 radical (unpaired) electrons. The van der Waals surface area contributed by atoms with Gasteiger partial charge in [-0.2, -0.15) is 0 Å². The van der Waals surface area contributed by atoms with Gasteiger partial charge in [-0.15, -0.1) is 0 Å². The van der Waals surface area contributed by atoms with Crippen LogP contribution in [0.3, 0.4) is 0 Å². The number of benzene rings is 2. The fourth-order valence-electron chi connectivity index (χ4n) is 3.37. The van der Waals surface area contributed by atoms with E-state index in [1.54, 1.807) is 0 Å². The van der Waals surface area contributed by atoms with Gasteiger partial charge in [-0.3, -0.25) is 4.90 Å². The Kier molecular flexibility index (Phi) is 8.07. The van der Waals surface area contributed by atoms with Gasteiger partial charge in [0.15, 0.2) is 5.11 Å². The summed E-state index contributed by atoms with van der Waals surface area (Å²) in [5.74, 6) is 0. The lowest BCUT2D eigenvalue weighted by molar-refractivity contribution is 0.200. The molecule has 1 aliphatic heterocycles. The van der Waals surface area contributed by atoms with Crippen molar-refractivity contribution in [3.05, 3.63) is 71.8 Å². The number of thiocarbonyl (C=S) groups is 1. The predicted octanol–water partition coefficient (Wildman–Crippen LogP) is 5.06. The van der Waals surface area contributed by atoms with E-state index in [9.17, 15) is 0 Å². The molecule has 3 nitrogen and oxygen atoms in total. The maximum absolute atomic E-state index is 5.63. The Morgan fingerprint density at radius 2 is 1.71 bits per heavy atom. The van der Waals surface area contributed by atoms with Crippen molar-refractivity contribution in [2.75, 3.05) is 38.0 Å². The number of rotatable bonds is 7. The Labute approximate surface area is 175 Å². The van der Waals surface area contributed by atoms with Crippen molar-refractivity contribution in [1.29, 1.82) is 0 Å². The molecule has 1 N–H and O–H groups in total. The first-order valence-electron chi connectivity index (χ1n) is 10.3. The zero-order valence-corrected chi connectivity index (χ0v) is 17.6. The zero-order chi connectivity index (χ0) is 19.6. The standard InChI is InChI=1S/C24H31N3S/c1-2-3-8-22-12-14-23(15-13-22)25-24(28)27-19-17-26(18-20-27)16-7-11-21-9-5-4-6-10-21/h4-7,9-15H,2-3,8,16-20H2,1H3,(H,25,28). The van der Waals surface area contributed by atoms with Gasteiger partial charge >= 0.3 is 0 Å². The Morgan fingerprint density at radius 1 is 1.00 bits per heavy atom. The van der Waals surface area contributed by atoms with Crippen LogP contribution in [0, 0.1) is 0 Å². The lowest BCUT2D eigenvalue weighted by Gasteiger charge is -2.35. The Morgan fingerprint density at radius 3 is 2.39 bits per heavy atom. The maximum Gasteiger partial charge on any atom is 0.173 e. The number of hydrogen-bond acceptors (Lipinski definition) is 2. The van der Waals surface area contributed by atoms with Gasteiger partial charge < -0.3 is 10.2 Å². The molecule has 1 heterocycles. The molecule has 0 saturated carbocycles. The summed E-state index contributed by atoms with van der Waals surface area (Å²) in [6, 6.07) is 19.2. The molecule has 0 unspecified atom stereocenters. The summed E-state index contributed by atoms with van der Waals surface area (Å²) in [4.78, 5) is 4.75. The number of hydrogen-bond donors (Lipinski definition) is 1.